The molecule has 1 N–H and O–H groups in total. The molecule has 1 aliphatic rings. The maximum Gasteiger partial charge on any atom is 0.0931 e. The molecule has 0 spiro atoms. The third-order valence-corrected chi connectivity index (χ3v) is 3.59. The first-order valence-corrected chi connectivity index (χ1v) is 6.09. The highest BCUT2D eigenvalue weighted by atomic mass is 35.5. The molecule has 0 amide bonds. The lowest BCUT2D eigenvalue weighted by molar-refractivity contribution is 0.0700. The van der Waals surface area contributed by atoms with Gasteiger partial charge >= 0.3 is 0 Å². The summed E-state index contributed by atoms with van der Waals surface area (Å²) in [5.74, 6) is 0. The van der Waals surface area contributed by atoms with E-state index in [-0.39, 0.29) is 0 Å². The number of hydrogen-bond donors (Lipinski definition) is 1. The van der Waals surface area contributed by atoms with E-state index >= 15 is 0 Å². The zero-order valence-electron chi connectivity index (χ0n) is 7.96. The summed E-state index contributed by atoms with van der Waals surface area (Å²) in [4.78, 5) is 1.29. The van der Waals surface area contributed by atoms with Gasteiger partial charge < -0.3 is 10.1 Å². The van der Waals surface area contributed by atoms with Crippen LogP contribution in [0.25, 0.3) is 0 Å². The van der Waals surface area contributed by atoms with Gasteiger partial charge in [0.25, 0.3) is 0 Å². The summed E-state index contributed by atoms with van der Waals surface area (Å²) in [6.45, 7) is 2.67. The number of thiophene rings is 1. The predicted molar refractivity (Wildman–Crippen MR) is 60.0 cm³/mol. The van der Waals surface area contributed by atoms with Gasteiger partial charge in [0, 0.05) is 24.1 Å². The molecule has 1 aliphatic heterocycles. The molecule has 1 atom stereocenters. The molecule has 1 fully saturated rings. The lowest BCUT2D eigenvalue weighted by Gasteiger charge is -2.22. The molecule has 0 aliphatic carbocycles. The van der Waals surface area contributed by atoms with Crippen LogP contribution in [0.4, 0.5) is 0 Å². The molecule has 14 heavy (non-hydrogen) atoms. The first kappa shape index (κ1) is 10.4. The Bertz CT molecular complexity index is 283. The van der Waals surface area contributed by atoms with Crippen molar-refractivity contribution >= 4 is 22.9 Å². The zero-order chi connectivity index (χ0) is 9.80. The van der Waals surface area contributed by atoms with Crippen molar-refractivity contribution in [2.24, 2.45) is 0 Å². The second-order valence-electron chi connectivity index (χ2n) is 3.50. The Morgan fingerprint density at radius 1 is 1.57 bits per heavy atom. The highest BCUT2D eigenvalue weighted by Crippen LogP contribution is 2.21. The number of nitrogens with one attached hydrogen (secondary N) is 1. The average Bonchev–Trinajstić information content (AvgIpc) is 2.63. The van der Waals surface area contributed by atoms with Crippen LogP contribution in [-0.2, 0) is 11.3 Å². The van der Waals surface area contributed by atoms with Crippen molar-refractivity contribution in [2.45, 2.75) is 25.4 Å². The van der Waals surface area contributed by atoms with Crippen LogP contribution in [0.15, 0.2) is 12.1 Å². The summed E-state index contributed by atoms with van der Waals surface area (Å²) in [6, 6.07) is 4.54. The second-order valence-corrected chi connectivity index (χ2v) is 5.30. The number of hydrogen-bond acceptors (Lipinski definition) is 3. The van der Waals surface area contributed by atoms with Gasteiger partial charge in [-0.1, -0.05) is 11.6 Å². The SMILES string of the molecule is Clc1ccc(CN[C@@H]2CCCOC2)s1. The number of ether oxygens (including phenoxy) is 1. The highest BCUT2D eigenvalue weighted by Gasteiger charge is 2.12. The molecule has 0 saturated carbocycles. The second kappa shape index (κ2) is 5.12. The standard InChI is InChI=1S/C10H14ClNOS/c11-10-4-3-9(14-10)6-12-8-2-1-5-13-7-8/h3-4,8,12H,1-2,5-7H2/t8-/m1/s1. The van der Waals surface area contributed by atoms with Gasteiger partial charge in [-0.25, -0.2) is 0 Å². The van der Waals surface area contributed by atoms with Gasteiger partial charge in [0.2, 0.25) is 0 Å². The van der Waals surface area contributed by atoms with Gasteiger partial charge in [0.05, 0.1) is 10.9 Å². The first-order chi connectivity index (χ1) is 6.84. The van der Waals surface area contributed by atoms with E-state index in [0.29, 0.717) is 6.04 Å². The Hall–Kier alpha value is -0.0900. The summed E-state index contributed by atoms with van der Waals surface area (Å²) in [5, 5.41) is 3.48. The van der Waals surface area contributed by atoms with Crippen molar-refractivity contribution in [1.29, 1.82) is 0 Å². The molecular formula is C10H14ClNOS. The topological polar surface area (TPSA) is 21.3 Å². The quantitative estimate of drug-likeness (QED) is 0.864. The smallest absolute Gasteiger partial charge is 0.0931 e. The van der Waals surface area contributed by atoms with Crippen LogP contribution in [0.3, 0.4) is 0 Å². The van der Waals surface area contributed by atoms with E-state index in [0.717, 1.165) is 24.1 Å². The largest absolute Gasteiger partial charge is 0.380 e. The molecule has 78 valence electrons. The van der Waals surface area contributed by atoms with E-state index in [2.05, 4.69) is 11.4 Å². The van der Waals surface area contributed by atoms with Gasteiger partial charge in [0.15, 0.2) is 0 Å². The summed E-state index contributed by atoms with van der Waals surface area (Å²) < 4.78 is 6.25. The molecule has 4 heteroatoms. The van der Waals surface area contributed by atoms with Crippen molar-refractivity contribution < 1.29 is 4.74 Å². The van der Waals surface area contributed by atoms with Crippen molar-refractivity contribution in [2.75, 3.05) is 13.2 Å². The van der Waals surface area contributed by atoms with Crippen molar-refractivity contribution in [3.8, 4) is 0 Å². The van der Waals surface area contributed by atoms with Crippen molar-refractivity contribution in [3.63, 3.8) is 0 Å². The van der Waals surface area contributed by atoms with E-state index < -0.39 is 0 Å². The fraction of sp³-hybridized carbons (Fsp3) is 0.600. The molecule has 1 saturated heterocycles. The fourth-order valence-corrected chi connectivity index (χ4v) is 2.63. The maximum absolute atomic E-state index is 5.85. The zero-order valence-corrected chi connectivity index (χ0v) is 9.53. The van der Waals surface area contributed by atoms with E-state index in [1.54, 1.807) is 11.3 Å². The van der Waals surface area contributed by atoms with Crippen LogP contribution in [0.2, 0.25) is 4.34 Å². The van der Waals surface area contributed by atoms with E-state index in [4.69, 9.17) is 16.3 Å². The molecule has 2 heterocycles. The van der Waals surface area contributed by atoms with Gasteiger partial charge in [-0.05, 0) is 25.0 Å². The Balaban J connectivity index is 1.76. The summed E-state index contributed by atoms with van der Waals surface area (Å²) >= 11 is 7.49. The fourth-order valence-electron chi connectivity index (χ4n) is 1.59. The normalized spacial score (nSPS) is 22.5. The molecule has 0 radical (unpaired) electrons. The lowest BCUT2D eigenvalue weighted by Crippen LogP contribution is -2.36. The van der Waals surface area contributed by atoms with E-state index in [1.807, 2.05) is 6.07 Å². The molecule has 2 nitrogen and oxygen atoms in total. The summed E-state index contributed by atoms with van der Waals surface area (Å²) in [7, 11) is 0. The van der Waals surface area contributed by atoms with Gasteiger partial charge in [-0.3, -0.25) is 0 Å². The minimum absolute atomic E-state index is 0.518. The minimum atomic E-state index is 0.518. The Morgan fingerprint density at radius 3 is 3.14 bits per heavy atom. The molecule has 2 rings (SSSR count). The van der Waals surface area contributed by atoms with Crippen molar-refractivity contribution in [1.82, 2.24) is 5.32 Å². The van der Waals surface area contributed by atoms with Crippen LogP contribution in [-0.4, -0.2) is 19.3 Å². The van der Waals surface area contributed by atoms with E-state index in [1.165, 1.54) is 17.7 Å². The molecule has 0 unspecified atom stereocenters. The summed E-state index contributed by atoms with van der Waals surface area (Å²) in [6.07, 6.45) is 2.39. The van der Waals surface area contributed by atoms with Crippen LogP contribution in [0.5, 0.6) is 0 Å². The van der Waals surface area contributed by atoms with Gasteiger partial charge in [-0.15, -0.1) is 11.3 Å². The highest BCUT2D eigenvalue weighted by molar-refractivity contribution is 7.16. The monoisotopic (exact) mass is 231 g/mol. The first-order valence-electron chi connectivity index (χ1n) is 4.90. The third-order valence-electron chi connectivity index (χ3n) is 2.35. The van der Waals surface area contributed by atoms with Crippen molar-refractivity contribution in [3.05, 3.63) is 21.3 Å². The maximum atomic E-state index is 5.85. The number of halogens is 1. The van der Waals surface area contributed by atoms with Crippen LogP contribution in [0.1, 0.15) is 17.7 Å². The Labute approximate surface area is 93.2 Å². The van der Waals surface area contributed by atoms with E-state index in [9.17, 15) is 0 Å². The minimum Gasteiger partial charge on any atom is -0.380 e. The lowest BCUT2D eigenvalue weighted by atomic mass is 10.1. The van der Waals surface area contributed by atoms with Gasteiger partial charge in [-0.2, -0.15) is 0 Å². The van der Waals surface area contributed by atoms with Crippen LogP contribution >= 0.6 is 22.9 Å². The summed E-state index contributed by atoms with van der Waals surface area (Å²) in [5.41, 5.74) is 0. The molecular weight excluding hydrogens is 218 g/mol. The predicted octanol–water partition coefficient (Wildman–Crippen LogP) is 2.67. The number of rotatable bonds is 3. The van der Waals surface area contributed by atoms with Crippen LogP contribution < -0.4 is 5.32 Å². The molecule has 1 aromatic rings. The van der Waals surface area contributed by atoms with Crippen LogP contribution in [0, 0.1) is 0 Å². The molecule has 0 bridgehead atoms. The Kier molecular flexibility index (Phi) is 3.81. The third kappa shape index (κ3) is 2.95. The molecule has 1 aromatic heterocycles. The molecule has 0 aromatic carbocycles. The Morgan fingerprint density at radius 2 is 2.50 bits per heavy atom. The average molecular weight is 232 g/mol. The van der Waals surface area contributed by atoms with Gasteiger partial charge in [0.1, 0.15) is 0 Å².